The van der Waals surface area contributed by atoms with E-state index in [4.69, 9.17) is 0 Å². The summed E-state index contributed by atoms with van der Waals surface area (Å²) in [4.78, 5) is 13.9. The third-order valence-corrected chi connectivity index (χ3v) is 6.90. The van der Waals surface area contributed by atoms with Crippen molar-refractivity contribution in [2.24, 2.45) is 11.8 Å². The van der Waals surface area contributed by atoms with Gasteiger partial charge < -0.3 is 10.6 Å². The zero-order chi connectivity index (χ0) is 20.8. The predicted molar refractivity (Wildman–Crippen MR) is 105 cm³/mol. The number of allylic oxidation sites excluding steroid dienone is 1. The molecule has 0 saturated heterocycles. The number of carbonyl (C=O) groups excluding carboxylic acids is 1. The van der Waals surface area contributed by atoms with Gasteiger partial charge in [-0.3, -0.25) is 4.79 Å². The van der Waals surface area contributed by atoms with Crippen LogP contribution in [0.3, 0.4) is 0 Å². The van der Waals surface area contributed by atoms with Crippen LogP contribution in [0, 0.1) is 17.7 Å². The Morgan fingerprint density at radius 2 is 2.07 bits per heavy atom. The highest BCUT2D eigenvalue weighted by molar-refractivity contribution is 8.03. The van der Waals surface area contributed by atoms with Crippen molar-refractivity contribution in [1.29, 1.82) is 0 Å². The van der Waals surface area contributed by atoms with Crippen LogP contribution in [0.1, 0.15) is 39.0 Å². The maximum atomic E-state index is 13.6. The van der Waals surface area contributed by atoms with Crippen molar-refractivity contribution in [3.8, 4) is 0 Å². The molecule has 3 atom stereocenters. The number of fused-ring (bicyclic) bond motifs is 1. The standard InChI is InChI=1S/C21H22F4N2OS/c1-11-3-2-4-12(7-11)20(28)27-16-8-13(21(23,24)25)9-18-19(16)26-15-10-14(22)5-6-17(15)29-18/h5-6,9-12,16,26H,2-4,7-8H2,1H3,(H,27,28). The van der Waals surface area contributed by atoms with Crippen molar-refractivity contribution in [3.63, 3.8) is 0 Å². The van der Waals surface area contributed by atoms with E-state index >= 15 is 0 Å². The zero-order valence-corrected chi connectivity index (χ0v) is 16.7. The largest absolute Gasteiger partial charge is 0.412 e. The van der Waals surface area contributed by atoms with Crippen LogP contribution < -0.4 is 10.6 Å². The summed E-state index contributed by atoms with van der Waals surface area (Å²) in [6.45, 7) is 2.09. The van der Waals surface area contributed by atoms with Gasteiger partial charge in [0.2, 0.25) is 5.91 Å². The Labute approximate surface area is 171 Å². The lowest BCUT2D eigenvalue weighted by molar-refractivity contribution is -0.127. The molecule has 1 aliphatic heterocycles. The van der Waals surface area contributed by atoms with E-state index < -0.39 is 23.6 Å². The van der Waals surface area contributed by atoms with Crippen molar-refractivity contribution in [2.45, 2.75) is 56.1 Å². The van der Waals surface area contributed by atoms with Crippen LogP contribution in [0.4, 0.5) is 23.2 Å². The van der Waals surface area contributed by atoms with E-state index in [-0.39, 0.29) is 18.2 Å². The third kappa shape index (κ3) is 4.32. The molecule has 1 fully saturated rings. The van der Waals surface area contributed by atoms with Gasteiger partial charge in [-0.15, -0.1) is 0 Å². The summed E-state index contributed by atoms with van der Waals surface area (Å²) < 4.78 is 54.1. The molecule has 156 valence electrons. The number of halogens is 4. The van der Waals surface area contributed by atoms with Crippen molar-refractivity contribution < 1.29 is 22.4 Å². The summed E-state index contributed by atoms with van der Waals surface area (Å²) in [6.07, 6.45) is -0.143. The summed E-state index contributed by atoms with van der Waals surface area (Å²) >= 11 is 1.16. The van der Waals surface area contributed by atoms with E-state index in [9.17, 15) is 22.4 Å². The van der Waals surface area contributed by atoms with Gasteiger partial charge in [0.05, 0.1) is 17.4 Å². The number of rotatable bonds is 2. The van der Waals surface area contributed by atoms with Gasteiger partial charge in [-0.25, -0.2) is 4.39 Å². The van der Waals surface area contributed by atoms with Crippen LogP contribution in [0.5, 0.6) is 0 Å². The molecule has 3 nitrogen and oxygen atoms in total. The lowest BCUT2D eigenvalue weighted by Crippen LogP contribution is -2.45. The number of carbonyl (C=O) groups is 1. The predicted octanol–water partition coefficient (Wildman–Crippen LogP) is 5.76. The molecule has 8 heteroatoms. The van der Waals surface area contributed by atoms with E-state index in [1.807, 2.05) is 0 Å². The Bertz CT molecular complexity index is 893. The number of thioether (sulfide) groups is 1. The number of amides is 1. The summed E-state index contributed by atoms with van der Waals surface area (Å²) in [5.41, 5.74) is 0.333. The van der Waals surface area contributed by atoms with Crippen LogP contribution in [0.2, 0.25) is 0 Å². The molecule has 0 aromatic heterocycles. The molecular formula is C21H22F4N2OS. The molecule has 1 aromatic rings. The first kappa shape index (κ1) is 20.3. The summed E-state index contributed by atoms with van der Waals surface area (Å²) in [5.74, 6) is -0.373. The second-order valence-corrected chi connectivity index (χ2v) is 9.13. The fourth-order valence-electron chi connectivity index (χ4n) is 4.26. The number of anilines is 1. The van der Waals surface area contributed by atoms with E-state index in [2.05, 4.69) is 17.6 Å². The van der Waals surface area contributed by atoms with E-state index in [0.29, 0.717) is 27.1 Å². The highest BCUT2D eigenvalue weighted by Gasteiger charge is 2.41. The lowest BCUT2D eigenvalue weighted by Gasteiger charge is -2.35. The van der Waals surface area contributed by atoms with Crippen LogP contribution in [-0.2, 0) is 4.79 Å². The second kappa shape index (κ2) is 7.70. The SMILES string of the molecule is CC1CCCC(C(=O)NC2CC(C(F)(F)F)=CC3=C2Nc2cc(F)ccc2S3)C1. The average molecular weight is 426 g/mol. The van der Waals surface area contributed by atoms with Crippen molar-refractivity contribution >= 4 is 23.4 Å². The minimum absolute atomic E-state index is 0.177. The topological polar surface area (TPSA) is 41.1 Å². The second-order valence-electron chi connectivity index (χ2n) is 8.05. The molecule has 3 aliphatic rings. The minimum Gasteiger partial charge on any atom is -0.355 e. The van der Waals surface area contributed by atoms with Crippen LogP contribution in [-0.4, -0.2) is 18.1 Å². The lowest BCUT2D eigenvalue weighted by atomic mass is 9.81. The quantitative estimate of drug-likeness (QED) is 0.591. The molecule has 1 amide bonds. The molecule has 29 heavy (non-hydrogen) atoms. The maximum absolute atomic E-state index is 13.6. The first-order valence-electron chi connectivity index (χ1n) is 9.77. The van der Waals surface area contributed by atoms with Crippen molar-refractivity contribution in [1.82, 2.24) is 5.32 Å². The molecule has 1 aromatic carbocycles. The highest BCUT2D eigenvalue weighted by Crippen LogP contribution is 2.46. The number of hydrogen-bond donors (Lipinski definition) is 2. The monoisotopic (exact) mass is 426 g/mol. The van der Waals surface area contributed by atoms with Gasteiger partial charge in [0.15, 0.2) is 0 Å². The van der Waals surface area contributed by atoms with E-state index in [1.165, 1.54) is 12.1 Å². The summed E-state index contributed by atoms with van der Waals surface area (Å²) in [5, 5.41) is 5.92. The Morgan fingerprint density at radius 3 is 2.79 bits per heavy atom. The highest BCUT2D eigenvalue weighted by atomic mass is 32.2. The van der Waals surface area contributed by atoms with Crippen LogP contribution in [0.25, 0.3) is 0 Å². The van der Waals surface area contributed by atoms with Gasteiger partial charge >= 0.3 is 6.18 Å². The van der Waals surface area contributed by atoms with Crippen molar-refractivity contribution in [2.75, 3.05) is 5.32 Å². The zero-order valence-electron chi connectivity index (χ0n) is 15.9. The first-order valence-corrected chi connectivity index (χ1v) is 10.6. The van der Waals surface area contributed by atoms with Gasteiger partial charge in [0, 0.05) is 27.7 Å². The van der Waals surface area contributed by atoms with E-state index in [1.54, 1.807) is 6.07 Å². The molecular weight excluding hydrogens is 404 g/mol. The molecule has 0 bridgehead atoms. The third-order valence-electron chi connectivity index (χ3n) is 5.76. The van der Waals surface area contributed by atoms with E-state index in [0.717, 1.165) is 43.5 Å². The summed E-state index contributed by atoms with van der Waals surface area (Å²) in [6, 6.07) is 3.32. The first-order chi connectivity index (χ1) is 13.7. The molecule has 0 spiro atoms. The molecule has 2 aliphatic carbocycles. The molecule has 0 radical (unpaired) electrons. The minimum atomic E-state index is -4.47. The number of benzene rings is 1. The molecule has 4 rings (SSSR count). The number of nitrogens with one attached hydrogen (secondary N) is 2. The molecule has 1 saturated carbocycles. The molecule has 3 unspecified atom stereocenters. The van der Waals surface area contributed by atoms with Crippen LogP contribution >= 0.6 is 11.8 Å². The van der Waals surface area contributed by atoms with Gasteiger partial charge in [-0.05, 0) is 43.0 Å². The molecule has 2 N–H and O–H groups in total. The van der Waals surface area contributed by atoms with Crippen LogP contribution in [0.15, 0.2) is 45.3 Å². The Hall–Kier alpha value is -1.96. The number of alkyl halides is 3. The van der Waals surface area contributed by atoms with Gasteiger partial charge in [-0.2, -0.15) is 13.2 Å². The Kier molecular flexibility index (Phi) is 5.40. The fraction of sp³-hybridized carbons (Fsp3) is 0.476. The normalized spacial score (nSPS) is 26.8. The fourth-order valence-corrected chi connectivity index (χ4v) is 5.35. The smallest absolute Gasteiger partial charge is 0.355 e. The Balaban J connectivity index is 1.62. The molecule has 1 heterocycles. The Morgan fingerprint density at radius 1 is 1.28 bits per heavy atom. The average Bonchev–Trinajstić information content (AvgIpc) is 2.65. The van der Waals surface area contributed by atoms with Gasteiger partial charge in [-0.1, -0.05) is 31.5 Å². The number of hydrogen-bond acceptors (Lipinski definition) is 3. The maximum Gasteiger partial charge on any atom is 0.412 e. The summed E-state index contributed by atoms with van der Waals surface area (Å²) in [7, 11) is 0. The van der Waals surface area contributed by atoms with Crippen molar-refractivity contribution in [3.05, 3.63) is 46.3 Å². The van der Waals surface area contributed by atoms with Gasteiger partial charge in [0.25, 0.3) is 0 Å². The van der Waals surface area contributed by atoms with Gasteiger partial charge in [0.1, 0.15) is 5.82 Å².